The molecule has 4 aliphatic rings. The van der Waals surface area contributed by atoms with Gasteiger partial charge in [0.2, 0.25) is 0 Å². The molecule has 4 heterocycles. The van der Waals surface area contributed by atoms with Crippen LogP contribution in [-0.4, -0.2) is 71.2 Å². The minimum absolute atomic E-state index is 0. The molecule has 2 fully saturated rings. The molecule has 2 saturated carbocycles. The lowest BCUT2D eigenvalue weighted by atomic mass is 9.84. The zero-order valence-electron chi connectivity index (χ0n) is 35.6. The number of ether oxygens (including phenoxy) is 1. The molecule has 0 atom stereocenters. The molecule has 2 spiro atoms. The van der Waals surface area contributed by atoms with E-state index in [4.69, 9.17) is 10.5 Å². The monoisotopic (exact) mass is 858 g/mol. The van der Waals surface area contributed by atoms with Crippen molar-refractivity contribution in [1.82, 2.24) is 39.5 Å². The first-order valence-corrected chi connectivity index (χ1v) is 25.2. The summed E-state index contributed by atoms with van der Waals surface area (Å²) in [6.07, 6.45) is 18.3. The van der Waals surface area contributed by atoms with E-state index in [1.807, 2.05) is 62.8 Å². The van der Waals surface area contributed by atoms with Gasteiger partial charge in [0, 0.05) is 49.6 Å². The summed E-state index contributed by atoms with van der Waals surface area (Å²) in [5.74, 6) is -1.07. The van der Waals surface area contributed by atoms with Crippen LogP contribution in [0.5, 0.6) is 0 Å². The maximum Gasteiger partial charge on any atom is 0.356 e. The number of benzene rings is 2. The number of fused-ring (bicyclic) bond motifs is 2. The Morgan fingerprint density at radius 3 is 2.00 bits per heavy atom. The van der Waals surface area contributed by atoms with Gasteiger partial charge in [-0.05, 0) is 92.2 Å². The second-order valence-corrected chi connectivity index (χ2v) is 24.3. The molecule has 2 aromatic carbocycles. The van der Waals surface area contributed by atoms with Crippen LogP contribution in [0.15, 0.2) is 85.5 Å². The average molecular weight is 859 g/mol. The highest BCUT2D eigenvalue weighted by Gasteiger charge is 2.47. The third-order valence-corrected chi connectivity index (χ3v) is 14.2. The molecular formula is C47H62N10O4Si. The quantitative estimate of drug-likeness (QED) is 0.0693. The molecule has 6 aromatic rings. The Kier molecular flexibility index (Phi) is 13.3. The number of hydrogen-bond donors (Lipinski definition) is 4. The van der Waals surface area contributed by atoms with Crippen molar-refractivity contribution >= 4 is 31.3 Å². The van der Waals surface area contributed by atoms with E-state index < -0.39 is 14.0 Å². The number of nitrogen functional groups attached to an aromatic ring is 1. The molecule has 0 unspecified atom stereocenters. The lowest BCUT2D eigenvalue weighted by Gasteiger charge is -2.23. The number of rotatable bonds is 12. The summed E-state index contributed by atoms with van der Waals surface area (Å²) in [5.41, 5.74) is 15.4. The molecule has 10 rings (SSSR count). The van der Waals surface area contributed by atoms with Crippen LogP contribution in [-0.2, 0) is 50.2 Å². The number of anilines is 2. The van der Waals surface area contributed by atoms with Crippen molar-refractivity contribution in [3.63, 3.8) is 0 Å². The van der Waals surface area contributed by atoms with Crippen molar-refractivity contribution in [2.45, 2.75) is 117 Å². The van der Waals surface area contributed by atoms with E-state index in [1.54, 1.807) is 12.4 Å². The highest BCUT2D eigenvalue weighted by atomic mass is 28.3. The minimum Gasteiger partial charge on any atom is -0.476 e. The minimum atomic E-state index is -1.10. The predicted octanol–water partition coefficient (Wildman–Crippen LogP) is 8.49. The van der Waals surface area contributed by atoms with Crippen molar-refractivity contribution in [1.29, 1.82) is 0 Å². The number of carbonyl (C=O) groups excluding carboxylic acids is 1. The van der Waals surface area contributed by atoms with Crippen molar-refractivity contribution in [3.8, 4) is 0 Å². The van der Waals surface area contributed by atoms with Crippen LogP contribution in [0.25, 0.3) is 0 Å². The van der Waals surface area contributed by atoms with Gasteiger partial charge in [0.25, 0.3) is 5.91 Å². The summed E-state index contributed by atoms with van der Waals surface area (Å²) in [7, 11) is -1.10. The molecule has 5 N–H and O–H groups in total. The van der Waals surface area contributed by atoms with E-state index in [2.05, 4.69) is 74.7 Å². The third kappa shape index (κ3) is 11.2. The first-order valence-electron chi connectivity index (χ1n) is 21.5. The number of aromatic amines is 1. The topological polar surface area (TPSA) is 184 Å². The molecule has 0 bridgehead atoms. The first kappa shape index (κ1) is 44.3. The number of aromatic carboxylic acids is 1. The van der Waals surface area contributed by atoms with Crippen LogP contribution in [0, 0.1) is 10.8 Å². The van der Waals surface area contributed by atoms with Crippen molar-refractivity contribution in [2.75, 3.05) is 17.7 Å². The SMILES string of the molecule is C.C[Si](C)(C)CCOCn1nc(C(=O)O)c2c1CC1(CC2)CC1.Nc1cnn(Cc2ccccc2)c1.O=C(Nc1cnn(Cc2ccccc2)c1)c1n[nH]c2c1CCC1(CC1)C2. The molecule has 14 nitrogen and oxygen atoms in total. The summed E-state index contributed by atoms with van der Waals surface area (Å²) in [6, 6.07) is 21.4. The predicted molar refractivity (Wildman–Crippen MR) is 244 cm³/mol. The van der Waals surface area contributed by atoms with Gasteiger partial charge < -0.3 is 20.9 Å². The Hall–Kier alpha value is -5.80. The maximum atomic E-state index is 12.7. The zero-order chi connectivity index (χ0) is 42.6. The lowest BCUT2D eigenvalue weighted by Crippen LogP contribution is -2.23. The van der Waals surface area contributed by atoms with Gasteiger partial charge in [-0.1, -0.05) is 87.7 Å². The molecule has 0 radical (unpaired) electrons. The number of hydrogen-bond acceptors (Lipinski definition) is 8. The van der Waals surface area contributed by atoms with Crippen LogP contribution in [0.4, 0.5) is 11.4 Å². The molecule has 328 valence electrons. The number of nitrogens with zero attached hydrogens (tertiary/aromatic N) is 7. The van der Waals surface area contributed by atoms with Crippen LogP contribution in [0.3, 0.4) is 0 Å². The van der Waals surface area contributed by atoms with Gasteiger partial charge in [-0.25, -0.2) is 9.48 Å². The fourth-order valence-corrected chi connectivity index (χ4v) is 9.17. The number of amides is 1. The Bertz CT molecular complexity index is 2440. The Morgan fingerprint density at radius 2 is 1.42 bits per heavy atom. The molecule has 0 aliphatic heterocycles. The third-order valence-electron chi connectivity index (χ3n) is 12.5. The summed E-state index contributed by atoms with van der Waals surface area (Å²) in [6.45, 7) is 9.55. The second-order valence-electron chi connectivity index (χ2n) is 18.6. The molecule has 0 saturated heterocycles. The number of carbonyl (C=O) groups is 2. The van der Waals surface area contributed by atoms with E-state index in [1.165, 1.54) is 43.2 Å². The lowest BCUT2D eigenvalue weighted by molar-refractivity contribution is 0.0667. The maximum absolute atomic E-state index is 12.7. The summed E-state index contributed by atoms with van der Waals surface area (Å²) in [4.78, 5) is 24.1. The van der Waals surface area contributed by atoms with E-state index >= 15 is 0 Å². The van der Waals surface area contributed by atoms with Crippen LogP contribution < -0.4 is 11.1 Å². The molecule has 4 aliphatic carbocycles. The highest BCUT2D eigenvalue weighted by Crippen LogP contribution is 2.55. The Balaban J connectivity index is 0.000000146. The van der Waals surface area contributed by atoms with Gasteiger partial charge in [-0.3, -0.25) is 19.3 Å². The number of nitrogens with two attached hydrogens (primary N) is 1. The summed E-state index contributed by atoms with van der Waals surface area (Å²) < 4.78 is 11.2. The summed E-state index contributed by atoms with van der Waals surface area (Å²) in [5, 5.41) is 32.5. The molecule has 4 aromatic heterocycles. The van der Waals surface area contributed by atoms with E-state index in [-0.39, 0.29) is 19.0 Å². The number of aromatic nitrogens is 8. The Labute approximate surface area is 365 Å². The molecular weight excluding hydrogens is 797 g/mol. The van der Waals surface area contributed by atoms with Crippen molar-refractivity contribution in [3.05, 3.63) is 130 Å². The zero-order valence-corrected chi connectivity index (χ0v) is 36.6. The molecule has 1 amide bonds. The van der Waals surface area contributed by atoms with Crippen LogP contribution >= 0.6 is 0 Å². The second kappa shape index (κ2) is 18.7. The number of carboxylic acids is 1. The van der Waals surface area contributed by atoms with Gasteiger partial charge in [-0.2, -0.15) is 20.4 Å². The number of H-pyrrole nitrogens is 1. The fraction of sp³-hybridized carbons (Fsp3) is 0.447. The molecule has 15 heteroatoms. The smallest absolute Gasteiger partial charge is 0.356 e. The summed E-state index contributed by atoms with van der Waals surface area (Å²) >= 11 is 0. The number of carboxylic acid groups (broad SMARTS) is 1. The van der Waals surface area contributed by atoms with Gasteiger partial charge in [0.15, 0.2) is 11.4 Å². The van der Waals surface area contributed by atoms with Gasteiger partial charge >= 0.3 is 5.97 Å². The van der Waals surface area contributed by atoms with Crippen LogP contribution in [0.1, 0.15) is 101 Å². The normalized spacial score (nSPS) is 16.1. The van der Waals surface area contributed by atoms with E-state index in [0.29, 0.717) is 41.2 Å². The van der Waals surface area contributed by atoms with Gasteiger partial charge in [-0.15, -0.1) is 0 Å². The van der Waals surface area contributed by atoms with Gasteiger partial charge in [0.1, 0.15) is 6.73 Å². The standard InChI is InChI=1S/C20H21N5O.C16H26N2O3Si.C10H11N3.CH4/c26-19(18-16-6-7-20(8-9-20)10-17(16)23-24-18)22-15-11-21-25(13-15)12-14-4-2-1-3-5-14;1-22(2,3)9-8-21-11-18-13-10-16(6-7-16)5-4-12(13)14(17-18)15(19)20;11-10-6-12-13(8-10)7-9-4-2-1-3-5-9;/h1-5,11,13H,6-10,12H2,(H,22,26)(H,23,24);4-11H2,1-3H3,(H,19,20);1-6,8H,7,11H2;1H4. The van der Waals surface area contributed by atoms with Crippen molar-refractivity contribution < 1.29 is 19.4 Å². The molecule has 62 heavy (non-hydrogen) atoms. The fourth-order valence-electron chi connectivity index (χ4n) is 8.41. The van der Waals surface area contributed by atoms with Gasteiger partial charge in [0.05, 0.1) is 36.9 Å². The van der Waals surface area contributed by atoms with E-state index in [9.17, 15) is 14.7 Å². The Morgan fingerprint density at radius 1 is 0.823 bits per heavy atom. The first-order chi connectivity index (χ1) is 29.3. The highest BCUT2D eigenvalue weighted by molar-refractivity contribution is 6.76. The van der Waals surface area contributed by atoms with Crippen LogP contribution in [0.2, 0.25) is 25.7 Å². The largest absolute Gasteiger partial charge is 0.476 e. The van der Waals surface area contributed by atoms with Crippen molar-refractivity contribution in [2.24, 2.45) is 10.8 Å². The average Bonchev–Trinajstić information content (AvgIpc) is 3.85. The number of nitrogens with one attached hydrogen (secondary N) is 2. The van der Waals surface area contributed by atoms with E-state index in [0.717, 1.165) is 73.8 Å².